The van der Waals surface area contributed by atoms with E-state index in [1.165, 1.54) is 69.1 Å². The first-order valence-corrected chi connectivity index (χ1v) is 19.3. The van der Waals surface area contributed by atoms with E-state index in [0.717, 1.165) is 48.8 Å². The van der Waals surface area contributed by atoms with Crippen molar-refractivity contribution in [2.45, 2.75) is 140 Å². The van der Waals surface area contributed by atoms with Gasteiger partial charge in [-0.3, -0.25) is 14.4 Å². The van der Waals surface area contributed by atoms with Gasteiger partial charge in [-0.15, -0.1) is 0 Å². The Balaban J connectivity index is 1.13. The topological polar surface area (TPSA) is 132 Å². The lowest BCUT2D eigenvalue weighted by atomic mass is 9.79. The molecule has 3 aliphatic rings. The number of carboxylic acid groups (broad SMARTS) is 1. The Morgan fingerprint density at radius 3 is 2.32 bits per heavy atom. The third kappa shape index (κ3) is 9.63. The molecule has 4 amide bonds. The van der Waals surface area contributed by atoms with Gasteiger partial charge in [0, 0.05) is 43.0 Å². The monoisotopic (exact) mass is 687 g/mol. The van der Waals surface area contributed by atoms with Gasteiger partial charge in [0.25, 0.3) is 0 Å². The van der Waals surface area contributed by atoms with Gasteiger partial charge in [-0.2, -0.15) is 0 Å². The molecule has 0 radical (unpaired) electrons. The van der Waals surface area contributed by atoms with Crippen molar-refractivity contribution in [2.75, 3.05) is 30.3 Å². The van der Waals surface area contributed by atoms with E-state index in [1.807, 2.05) is 30.3 Å². The number of likely N-dealkylation sites (tertiary alicyclic amines) is 1. The Bertz CT molecular complexity index is 1480. The molecule has 1 fully saturated rings. The number of hydrogen-bond donors (Lipinski definition) is 3. The molecular weight excluding hydrogens is 630 g/mol. The molecule has 2 aliphatic heterocycles. The number of aromatic nitrogens is 1. The van der Waals surface area contributed by atoms with Gasteiger partial charge in [-0.1, -0.05) is 96.1 Å². The third-order valence-electron chi connectivity index (χ3n) is 11.0. The molecule has 3 heterocycles. The first-order valence-electron chi connectivity index (χ1n) is 19.3. The van der Waals surface area contributed by atoms with Crippen LogP contribution in [0.15, 0.2) is 36.5 Å². The third-order valence-corrected chi connectivity index (χ3v) is 11.0. The SMILES string of the molecule is CCCCCCCCCCCCCCCC(=O)N(CC(=O)Nc1ccc2c(c1)CC1(C2)C(=O)Nc2ncccc21)C1CCCCN(C(=O)O)C1. The molecule has 5 rings (SSSR count). The molecule has 0 saturated carbocycles. The van der Waals surface area contributed by atoms with Crippen molar-refractivity contribution in [3.8, 4) is 0 Å². The van der Waals surface area contributed by atoms with Crippen molar-refractivity contribution in [3.05, 3.63) is 53.2 Å². The van der Waals surface area contributed by atoms with E-state index in [4.69, 9.17) is 0 Å². The van der Waals surface area contributed by atoms with Gasteiger partial charge in [0.2, 0.25) is 17.7 Å². The average Bonchev–Trinajstić information content (AvgIpc) is 3.49. The van der Waals surface area contributed by atoms with E-state index in [0.29, 0.717) is 43.7 Å². The highest BCUT2D eigenvalue weighted by molar-refractivity contribution is 6.06. The van der Waals surface area contributed by atoms with Crippen LogP contribution in [-0.2, 0) is 32.6 Å². The zero-order valence-electron chi connectivity index (χ0n) is 30.0. The molecule has 1 aliphatic carbocycles. The predicted octanol–water partition coefficient (Wildman–Crippen LogP) is 7.85. The fraction of sp³-hybridized carbons (Fsp3) is 0.625. The van der Waals surface area contributed by atoms with Gasteiger partial charge in [0.05, 0.1) is 5.41 Å². The zero-order chi connectivity index (χ0) is 35.3. The molecule has 2 atom stereocenters. The summed E-state index contributed by atoms with van der Waals surface area (Å²) in [6, 6.07) is 9.21. The van der Waals surface area contributed by atoms with Crippen molar-refractivity contribution in [1.82, 2.24) is 14.8 Å². The van der Waals surface area contributed by atoms with Crippen LogP contribution >= 0.6 is 0 Å². The molecule has 1 aromatic heterocycles. The highest BCUT2D eigenvalue weighted by Gasteiger charge is 2.51. The smallest absolute Gasteiger partial charge is 0.407 e. The van der Waals surface area contributed by atoms with Crippen LogP contribution in [0.4, 0.5) is 16.3 Å². The van der Waals surface area contributed by atoms with E-state index in [9.17, 15) is 24.3 Å². The molecule has 1 spiro atoms. The number of benzene rings is 1. The average molecular weight is 688 g/mol. The summed E-state index contributed by atoms with van der Waals surface area (Å²) in [5, 5.41) is 15.7. The van der Waals surface area contributed by atoms with Crippen LogP contribution in [-0.4, -0.2) is 69.4 Å². The summed E-state index contributed by atoms with van der Waals surface area (Å²) in [6.45, 7) is 2.78. The van der Waals surface area contributed by atoms with Gasteiger partial charge >= 0.3 is 6.09 Å². The molecule has 10 nitrogen and oxygen atoms in total. The number of hydrogen-bond acceptors (Lipinski definition) is 5. The van der Waals surface area contributed by atoms with E-state index in [-0.39, 0.29) is 36.9 Å². The van der Waals surface area contributed by atoms with E-state index in [1.54, 1.807) is 11.1 Å². The van der Waals surface area contributed by atoms with Gasteiger partial charge < -0.3 is 25.5 Å². The zero-order valence-corrected chi connectivity index (χ0v) is 30.0. The predicted molar refractivity (Wildman–Crippen MR) is 196 cm³/mol. The first kappa shape index (κ1) is 37.3. The van der Waals surface area contributed by atoms with E-state index < -0.39 is 11.5 Å². The van der Waals surface area contributed by atoms with Gasteiger partial charge in [-0.25, -0.2) is 9.78 Å². The van der Waals surface area contributed by atoms with Crippen molar-refractivity contribution >= 4 is 35.3 Å². The summed E-state index contributed by atoms with van der Waals surface area (Å²) in [7, 11) is 0. The van der Waals surface area contributed by atoms with Gasteiger partial charge in [-0.05, 0) is 67.9 Å². The van der Waals surface area contributed by atoms with Crippen LogP contribution in [0.3, 0.4) is 0 Å². The molecule has 1 aromatic carbocycles. The summed E-state index contributed by atoms with van der Waals surface area (Å²) in [5.74, 6) is 0.165. The number of carbonyl (C=O) groups is 4. The van der Waals surface area contributed by atoms with Crippen LogP contribution in [0.5, 0.6) is 0 Å². The molecule has 10 heteroatoms. The molecule has 2 unspecified atom stereocenters. The maximum Gasteiger partial charge on any atom is 0.407 e. The number of rotatable bonds is 18. The maximum atomic E-state index is 13.7. The minimum atomic E-state index is -0.990. The van der Waals surface area contributed by atoms with Crippen LogP contribution in [0, 0.1) is 0 Å². The Kier molecular flexibility index (Phi) is 13.7. The lowest BCUT2D eigenvalue weighted by molar-refractivity contribution is -0.137. The summed E-state index contributed by atoms with van der Waals surface area (Å²) in [5.41, 5.74) is 2.90. The molecule has 0 bridgehead atoms. The van der Waals surface area contributed by atoms with Crippen molar-refractivity contribution in [1.29, 1.82) is 0 Å². The summed E-state index contributed by atoms with van der Waals surface area (Å²) in [6.07, 6.45) is 20.3. The second-order valence-electron chi connectivity index (χ2n) is 14.7. The normalized spacial score (nSPS) is 19.5. The highest BCUT2D eigenvalue weighted by atomic mass is 16.4. The van der Waals surface area contributed by atoms with E-state index >= 15 is 0 Å². The Labute approximate surface area is 297 Å². The molecule has 50 heavy (non-hydrogen) atoms. The Morgan fingerprint density at radius 1 is 0.940 bits per heavy atom. The Morgan fingerprint density at radius 2 is 1.62 bits per heavy atom. The van der Waals surface area contributed by atoms with Crippen molar-refractivity contribution in [2.24, 2.45) is 0 Å². The van der Waals surface area contributed by atoms with Crippen LogP contribution in [0.25, 0.3) is 0 Å². The van der Waals surface area contributed by atoms with Gasteiger partial charge in [0.1, 0.15) is 12.4 Å². The number of carbonyl (C=O) groups excluding carboxylic acids is 3. The minimum absolute atomic E-state index is 0.0514. The largest absolute Gasteiger partial charge is 0.465 e. The quantitative estimate of drug-likeness (QED) is 0.137. The molecule has 3 N–H and O–H groups in total. The summed E-state index contributed by atoms with van der Waals surface area (Å²) < 4.78 is 0. The molecule has 1 saturated heterocycles. The van der Waals surface area contributed by atoms with Crippen LogP contribution < -0.4 is 10.6 Å². The number of nitrogens with zero attached hydrogens (tertiary/aromatic N) is 3. The first-order chi connectivity index (χ1) is 24.3. The van der Waals surface area contributed by atoms with Crippen molar-refractivity contribution < 1.29 is 24.3 Å². The van der Waals surface area contributed by atoms with Crippen LogP contribution in [0.2, 0.25) is 0 Å². The number of fused-ring (bicyclic) bond motifs is 3. The fourth-order valence-corrected chi connectivity index (χ4v) is 8.11. The number of nitrogens with one attached hydrogen (secondary N) is 2. The maximum absolute atomic E-state index is 13.7. The summed E-state index contributed by atoms with van der Waals surface area (Å²) >= 11 is 0. The van der Waals surface area contributed by atoms with E-state index in [2.05, 4.69) is 22.5 Å². The van der Waals surface area contributed by atoms with Crippen LogP contribution in [0.1, 0.15) is 133 Å². The number of pyridine rings is 1. The number of amides is 4. The second kappa shape index (κ2) is 18.3. The number of unbranched alkanes of at least 4 members (excludes halogenated alkanes) is 12. The summed E-state index contributed by atoms with van der Waals surface area (Å²) in [4.78, 5) is 59.6. The van der Waals surface area contributed by atoms with Crippen molar-refractivity contribution in [3.63, 3.8) is 0 Å². The molecule has 272 valence electrons. The second-order valence-corrected chi connectivity index (χ2v) is 14.7. The fourth-order valence-electron chi connectivity index (χ4n) is 8.11. The minimum Gasteiger partial charge on any atom is -0.465 e. The lowest BCUT2D eigenvalue weighted by Crippen LogP contribution is -2.50. The Hall–Kier alpha value is -3.95. The standard InChI is InChI=1S/C40H57N5O5/c1-2-3-4-5-6-7-8-9-10-11-12-13-14-20-36(47)45(33-18-15-16-24-44(28-33)39(49)50)29-35(46)42-32-22-21-30-26-40(27-31(30)25-32)34-19-17-23-41-37(34)43-38(40)48/h17,19,21-23,25,33H,2-16,18,20,24,26-29H2,1H3,(H,42,46)(H,49,50)(H,41,43,48). The highest BCUT2D eigenvalue weighted by Crippen LogP contribution is 2.47. The lowest BCUT2D eigenvalue weighted by Gasteiger charge is -2.33. The molecule has 2 aromatic rings. The molecular formula is C40H57N5O5. The number of anilines is 2. The van der Waals surface area contributed by atoms with Gasteiger partial charge in [0.15, 0.2) is 0 Å².